The first kappa shape index (κ1) is 12.6. The zero-order chi connectivity index (χ0) is 9.44. The van der Waals surface area contributed by atoms with Gasteiger partial charge in [-0.15, -0.1) is 0 Å². The molecule has 0 spiro atoms. The van der Waals surface area contributed by atoms with Crippen molar-refractivity contribution in [1.82, 2.24) is 0 Å². The molecule has 0 radical (unpaired) electrons. The van der Waals surface area contributed by atoms with E-state index in [1.165, 1.54) is 0 Å². The molecule has 0 rings (SSSR count). The first-order chi connectivity index (χ1) is 4.91. The molecule has 0 heterocycles. The standard InChI is InChI=1S/C5H12N2.C2H4O2/c1-3-4(2)5(6)7;1-2(3)4/h4H,3H2,1-2H3,(H3,6,7);1H3,(H,3,4). The van der Waals surface area contributed by atoms with Crippen LogP contribution in [0.1, 0.15) is 27.2 Å². The van der Waals surface area contributed by atoms with Gasteiger partial charge in [-0.3, -0.25) is 10.2 Å². The molecule has 66 valence electrons. The second kappa shape index (κ2) is 7.05. The summed E-state index contributed by atoms with van der Waals surface area (Å²) in [4.78, 5) is 9.00. The van der Waals surface area contributed by atoms with Crippen molar-refractivity contribution in [2.24, 2.45) is 11.7 Å². The highest BCUT2D eigenvalue weighted by Gasteiger charge is 1.97. The summed E-state index contributed by atoms with van der Waals surface area (Å²) in [5.41, 5.74) is 5.13. The number of carbonyl (C=O) groups is 1. The van der Waals surface area contributed by atoms with Crippen LogP contribution >= 0.6 is 0 Å². The van der Waals surface area contributed by atoms with E-state index < -0.39 is 5.97 Å². The molecule has 4 nitrogen and oxygen atoms in total. The van der Waals surface area contributed by atoms with Gasteiger partial charge in [0.15, 0.2) is 0 Å². The number of hydrogen-bond acceptors (Lipinski definition) is 2. The van der Waals surface area contributed by atoms with Gasteiger partial charge in [0.25, 0.3) is 5.97 Å². The van der Waals surface area contributed by atoms with Gasteiger partial charge in [-0.2, -0.15) is 0 Å². The van der Waals surface area contributed by atoms with E-state index in [1.807, 2.05) is 13.8 Å². The molecule has 0 aromatic heterocycles. The maximum atomic E-state index is 9.00. The molecule has 4 N–H and O–H groups in total. The van der Waals surface area contributed by atoms with Crippen LogP contribution in [-0.4, -0.2) is 16.9 Å². The van der Waals surface area contributed by atoms with Gasteiger partial charge < -0.3 is 10.8 Å². The van der Waals surface area contributed by atoms with Crippen molar-refractivity contribution in [3.63, 3.8) is 0 Å². The van der Waals surface area contributed by atoms with E-state index in [9.17, 15) is 0 Å². The number of carboxylic acids is 1. The van der Waals surface area contributed by atoms with Crippen LogP contribution in [-0.2, 0) is 4.79 Å². The van der Waals surface area contributed by atoms with Crippen molar-refractivity contribution in [2.45, 2.75) is 27.2 Å². The van der Waals surface area contributed by atoms with E-state index in [0.717, 1.165) is 13.3 Å². The lowest BCUT2D eigenvalue weighted by molar-refractivity contribution is -0.134. The van der Waals surface area contributed by atoms with Crippen molar-refractivity contribution < 1.29 is 9.90 Å². The summed E-state index contributed by atoms with van der Waals surface area (Å²) in [5, 5.41) is 14.3. The molecule has 0 fully saturated rings. The maximum Gasteiger partial charge on any atom is 0.300 e. The predicted molar refractivity (Wildman–Crippen MR) is 44.7 cm³/mol. The first-order valence-corrected chi connectivity index (χ1v) is 3.45. The van der Waals surface area contributed by atoms with Crippen LogP contribution in [0.5, 0.6) is 0 Å². The van der Waals surface area contributed by atoms with E-state index in [2.05, 4.69) is 0 Å². The van der Waals surface area contributed by atoms with Gasteiger partial charge >= 0.3 is 0 Å². The van der Waals surface area contributed by atoms with Crippen LogP contribution in [0.4, 0.5) is 0 Å². The summed E-state index contributed by atoms with van der Waals surface area (Å²) >= 11 is 0. The molecule has 11 heavy (non-hydrogen) atoms. The summed E-state index contributed by atoms with van der Waals surface area (Å²) in [5.74, 6) is -0.275. The average Bonchev–Trinajstić information content (AvgIpc) is 1.85. The summed E-state index contributed by atoms with van der Waals surface area (Å²) in [6.07, 6.45) is 0.968. The molecular weight excluding hydrogens is 144 g/mol. The number of aliphatic carboxylic acids is 1. The van der Waals surface area contributed by atoms with Gasteiger partial charge in [0.1, 0.15) is 0 Å². The molecule has 0 bridgehead atoms. The summed E-state index contributed by atoms with van der Waals surface area (Å²) in [7, 11) is 0. The highest BCUT2D eigenvalue weighted by molar-refractivity contribution is 5.79. The molecule has 0 saturated carbocycles. The predicted octanol–water partition coefficient (Wildman–Crippen LogP) is 1.06. The van der Waals surface area contributed by atoms with E-state index >= 15 is 0 Å². The normalized spacial score (nSPS) is 10.8. The quantitative estimate of drug-likeness (QED) is 0.417. The van der Waals surface area contributed by atoms with Crippen LogP contribution in [0.2, 0.25) is 0 Å². The van der Waals surface area contributed by atoms with Gasteiger partial charge in [-0.05, 0) is 6.42 Å². The molecule has 1 unspecified atom stereocenters. The molecule has 1 atom stereocenters. The van der Waals surface area contributed by atoms with Crippen molar-refractivity contribution in [3.05, 3.63) is 0 Å². The zero-order valence-corrected chi connectivity index (χ0v) is 7.22. The highest BCUT2D eigenvalue weighted by atomic mass is 16.4. The smallest absolute Gasteiger partial charge is 0.300 e. The SMILES string of the molecule is CC(=O)O.CCC(C)C(=N)N. The Morgan fingerprint density at radius 2 is 2.00 bits per heavy atom. The van der Waals surface area contributed by atoms with Gasteiger partial charge in [-0.25, -0.2) is 0 Å². The number of amidine groups is 1. The minimum atomic E-state index is -0.833. The molecule has 0 saturated heterocycles. The average molecular weight is 160 g/mol. The summed E-state index contributed by atoms with van der Waals surface area (Å²) < 4.78 is 0. The number of carboxylic acid groups (broad SMARTS) is 1. The third kappa shape index (κ3) is 17.6. The fraction of sp³-hybridized carbons (Fsp3) is 0.714. The molecule has 0 aliphatic rings. The van der Waals surface area contributed by atoms with E-state index in [4.69, 9.17) is 21.0 Å². The van der Waals surface area contributed by atoms with E-state index in [0.29, 0.717) is 5.84 Å². The minimum Gasteiger partial charge on any atom is -0.481 e. The minimum absolute atomic E-state index is 0.264. The Hall–Kier alpha value is -1.06. The molecular formula is C7H16N2O2. The van der Waals surface area contributed by atoms with Crippen molar-refractivity contribution in [2.75, 3.05) is 0 Å². The third-order valence-corrected chi connectivity index (χ3v) is 1.14. The Labute approximate surface area is 66.9 Å². The Morgan fingerprint density at radius 3 is 2.00 bits per heavy atom. The van der Waals surface area contributed by atoms with Gasteiger partial charge in [0.05, 0.1) is 5.84 Å². The second-order valence-electron chi connectivity index (χ2n) is 2.28. The molecule has 0 aromatic carbocycles. The highest BCUT2D eigenvalue weighted by Crippen LogP contribution is 1.96. The fourth-order valence-electron chi connectivity index (χ4n) is 0.220. The third-order valence-electron chi connectivity index (χ3n) is 1.14. The molecule has 4 heteroatoms. The van der Waals surface area contributed by atoms with E-state index in [-0.39, 0.29) is 5.92 Å². The lowest BCUT2D eigenvalue weighted by Crippen LogP contribution is -2.18. The molecule has 0 aliphatic carbocycles. The Balaban J connectivity index is 0. The van der Waals surface area contributed by atoms with Crippen molar-refractivity contribution >= 4 is 11.8 Å². The number of nitrogens with one attached hydrogen (secondary N) is 1. The number of nitrogens with two attached hydrogens (primary N) is 1. The van der Waals surface area contributed by atoms with Crippen molar-refractivity contribution in [3.8, 4) is 0 Å². The number of rotatable bonds is 2. The van der Waals surface area contributed by atoms with Crippen LogP contribution in [0.25, 0.3) is 0 Å². The lowest BCUT2D eigenvalue weighted by atomic mass is 10.1. The molecule has 0 aliphatic heterocycles. The van der Waals surface area contributed by atoms with E-state index in [1.54, 1.807) is 0 Å². The van der Waals surface area contributed by atoms with Crippen LogP contribution in [0.15, 0.2) is 0 Å². The monoisotopic (exact) mass is 160 g/mol. The topological polar surface area (TPSA) is 87.2 Å². The van der Waals surface area contributed by atoms with Crippen LogP contribution in [0.3, 0.4) is 0 Å². The van der Waals surface area contributed by atoms with Gasteiger partial charge in [0.2, 0.25) is 0 Å². The van der Waals surface area contributed by atoms with Gasteiger partial charge in [0, 0.05) is 12.8 Å². The summed E-state index contributed by atoms with van der Waals surface area (Å²) in [6, 6.07) is 0. The van der Waals surface area contributed by atoms with Gasteiger partial charge in [-0.1, -0.05) is 13.8 Å². The first-order valence-electron chi connectivity index (χ1n) is 3.45. The lowest BCUT2D eigenvalue weighted by Gasteiger charge is -2.01. The molecule has 0 aromatic rings. The maximum absolute atomic E-state index is 9.00. The summed E-state index contributed by atoms with van der Waals surface area (Å²) in [6.45, 7) is 5.05. The van der Waals surface area contributed by atoms with Crippen molar-refractivity contribution in [1.29, 1.82) is 5.41 Å². The zero-order valence-electron chi connectivity index (χ0n) is 7.22. The molecule has 0 amide bonds. The largest absolute Gasteiger partial charge is 0.481 e. The Morgan fingerprint density at radius 1 is 1.73 bits per heavy atom. The number of hydrogen-bond donors (Lipinski definition) is 3. The van der Waals surface area contributed by atoms with Crippen LogP contribution < -0.4 is 5.73 Å². The Bertz CT molecular complexity index is 130. The fourth-order valence-corrected chi connectivity index (χ4v) is 0.220. The van der Waals surface area contributed by atoms with Crippen LogP contribution in [0, 0.1) is 11.3 Å². The Kier molecular flexibility index (Phi) is 8.08. The second-order valence-corrected chi connectivity index (χ2v) is 2.28.